The van der Waals surface area contributed by atoms with Gasteiger partial charge < -0.3 is 25.8 Å². The van der Waals surface area contributed by atoms with Gasteiger partial charge in [-0.25, -0.2) is 0 Å². The quantitative estimate of drug-likeness (QED) is 0.197. The van der Waals surface area contributed by atoms with Gasteiger partial charge in [0.1, 0.15) is 5.75 Å². The minimum Gasteiger partial charge on any atom is -0.508 e. The normalized spacial score (nSPS) is 10.7. The predicted molar refractivity (Wildman–Crippen MR) is 106 cm³/mol. The average molecular weight is 450 g/mol. The van der Waals surface area contributed by atoms with Crippen LogP contribution in [0.3, 0.4) is 0 Å². The fourth-order valence-electron chi connectivity index (χ4n) is 1.78. The van der Waals surface area contributed by atoms with Gasteiger partial charge in [0.15, 0.2) is 5.96 Å². The monoisotopic (exact) mass is 450 g/mol. The lowest BCUT2D eigenvalue weighted by atomic mass is 10.2. The maximum Gasteiger partial charge on any atom is 0.251 e. The van der Waals surface area contributed by atoms with E-state index in [1.54, 1.807) is 12.1 Å². The zero-order valence-electron chi connectivity index (χ0n) is 14.2. The van der Waals surface area contributed by atoms with Gasteiger partial charge in [-0.05, 0) is 38.1 Å². The van der Waals surface area contributed by atoms with Crippen LogP contribution in [-0.2, 0) is 4.74 Å². The second kappa shape index (κ2) is 13.8. The van der Waals surface area contributed by atoms with E-state index < -0.39 is 0 Å². The number of amides is 1. The van der Waals surface area contributed by atoms with Gasteiger partial charge in [0, 0.05) is 31.8 Å². The molecule has 0 aliphatic heterocycles. The first-order valence-electron chi connectivity index (χ1n) is 7.84. The van der Waals surface area contributed by atoms with Crippen LogP contribution in [0, 0.1) is 0 Å². The zero-order chi connectivity index (χ0) is 16.9. The summed E-state index contributed by atoms with van der Waals surface area (Å²) < 4.78 is 5.24. The van der Waals surface area contributed by atoms with Crippen molar-refractivity contribution in [1.29, 1.82) is 0 Å². The number of carbonyl (C=O) groups excluding carboxylic acids is 1. The van der Waals surface area contributed by atoms with Crippen molar-refractivity contribution in [2.45, 2.75) is 13.8 Å². The van der Waals surface area contributed by atoms with Gasteiger partial charge in [0.2, 0.25) is 0 Å². The lowest BCUT2D eigenvalue weighted by molar-refractivity contribution is 0.0954. The Labute approximate surface area is 160 Å². The number of aliphatic imine (C=N–C) groups is 1. The van der Waals surface area contributed by atoms with E-state index >= 15 is 0 Å². The molecule has 0 saturated carbocycles. The first kappa shape index (κ1) is 22.4. The Kier molecular flexibility index (Phi) is 13.0. The molecule has 0 aliphatic rings. The smallest absolute Gasteiger partial charge is 0.251 e. The van der Waals surface area contributed by atoms with Gasteiger partial charge in [-0.2, -0.15) is 0 Å². The van der Waals surface area contributed by atoms with Crippen LogP contribution in [0.1, 0.15) is 24.2 Å². The predicted octanol–water partition coefficient (Wildman–Crippen LogP) is 1.33. The minimum absolute atomic E-state index is 0. The second-order valence-electron chi connectivity index (χ2n) is 4.69. The molecule has 0 fully saturated rings. The Hall–Kier alpha value is -1.55. The number of hydrogen-bond donors (Lipinski definition) is 4. The van der Waals surface area contributed by atoms with E-state index in [1.165, 1.54) is 12.1 Å². The molecular formula is C16H27IN4O3. The van der Waals surface area contributed by atoms with Crippen molar-refractivity contribution in [1.82, 2.24) is 16.0 Å². The molecule has 1 rings (SSSR count). The molecule has 4 N–H and O–H groups in total. The number of aromatic hydroxyl groups is 1. The van der Waals surface area contributed by atoms with E-state index in [9.17, 15) is 9.90 Å². The minimum atomic E-state index is -0.176. The molecule has 0 aliphatic carbocycles. The van der Waals surface area contributed by atoms with Crippen LogP contribution >= 0.6 is 24.0 Å². The highest BCUT2D eigenvalue weighted by Crippen LogP contribution is 2.09. The molecule has 0 bridgehead atoms. The first-order chi connectivity index (χ1) is 11.2. The molecular weight excluding hydrogens is 423 g/mol. The lowest BCUT2D eigenvalue weighted by Crippen LogP contribution is -2.41. The van der Waals surface area contributed by atoms with Crippen molar-refractivity contribution in [3.05, 3.63) is 29.8 Å². The molecule has 0 atom stereocenters. The summed E-state index contributed by atoms with van der Waals surface area (Å²) in [6, 6.07) is 6.14. The summed E-state index contributed by atoms with van der Waals surface area (Å²) in [6.45, 7) is 7.59. The summed E-state index contributed by atoms with van der Waals surface area (Å²) in [6.07, 6.45) is 0. The number of halogens is 1. The molecule has 136 valence electrons. The highest BCUT2D eigenvalue weighted by molar-refractivity contribution is 14.0. The summed E-state index contributed by atoms with van der Waals surface area (Å²) in [5, 5.41) is 18.3. The van der Waals surface area contributed by atoms with Crippen LogP contribution in [0.5, 0.6) is 5.75 Å². The number of ether oxygens (including phenoxy) is 1. The van der Waals surface area contributed by atoms with Crippen molar-refractivity contribution in [3.8, 4) is 5.75 Å². The third-order valence-electron chi connectivity index (χ3n) is 2.89. The molecule has 0 saturated heterocycles. The number of phenols is 1. The van der Waals surface area contributed by atoms with Crippen molar-refractivity contribution >= 4 is 35.8 Å². The molecule has 1 aromatic rings. The van der Waals surface area contributed by atoms with Gasteiger partial charge in [0.05, 0.1) is 13.2 Å². The maximum absolute atomic E-state index is 11.9. The SMILES string of the molecule is CCNC(=NCCOCC)NCCNC(=O)c1ccc(O)cc1.I. The van der Waals surface area contributed by atoms with Crippen molar-refractivity contribution in [2.75, 3.05) is 39.4 Å². The van der Waals surface area contributed by atoms with Crippen LogP contribution in [0.2, 0.25) is 0 Å². The number of nitrogens with one attached hydrogen (secondary N) is 3. The van der Waals surface area contributed by atoms with Crippen molar-refractivity contribution in [2.24, 2.45) is 4.99 Å². The molecule has 1 aromatic carbocycles. The van der Waals surface area contributed by atoms with E-state index in [-0.39, 0.29) is 35.6 Å². The van der Waals surface area contributed by atoms with E-state index in [0.29, 0.717) is 44.4 Å². The van der Waals surface area contributed by atoms with Crippen LogP contribution in [0.15, 0.2) is 29.3 Å². The summed E-state index contributed by atoms with van der Waals surface area (Å²) in [4.78, 5) is 16.3. The molecule has 0 unspecified atom stereocenters. The summed E-state index contributed by atoms with van der Waals surface area (Å²) >= 11 is 0. The summed E-state index contributed by atoms with van der Waals surface area (Å²) in [5.41, 5.74) is 0.514. The maximum atomic E-state index is 11.9. The highest BCUT2D eigenvalue weighted by atomic mass is 127. The van der Waals surface area contributed by atoms with Gasteiger partial charge in [0.25, 0.3) is 5.91 Å². The molecule has 0 heterocycles. The number of guanidine groups is 1. The Morgan fingerprint density at radius 1 is 1.12 bits per heavy atom. The first-order valence-corrected chi connectivity index (χ1v) is 7.84. The fraction of sp³-hybridized carbons (Fsp3) is 0.500. The molecule has 0 spiro atoms. The molecule has 8 heteroatoms. The molecule has 0 radical (unpaired) electrons. The third kappa shape index (κ3) is 9.56. The van der Waals surface area contributed by atoms with Crippen LogP contribution in [0.25, 0.3) is 0 Å². The summed E-state index contributed by atoms with van der Waals surface area (Å²) in [5.74, 6) is 0.665. The standard InChI is InChI=1S/C16H26N4O3.HI/c1-3-17-16(20-11-12-23-4-2)19-10-9-18-15(22)13-5-7-14(21)8-6-13;/h5-8,21H,3-4,9-12H2,1-2H3,(H,18,22)(H2,17,19,20);1H. The topological polar surface area (TPSA) is 95.0 Å². The molecule has 24 heavy (non-hydrogen) atoms. The average Bonchev–Trinajstić information content (AvgIpc) is 2.55. The number of phenolic OH excluding ortho intramolecular Hbond substituents is 1. The van der Waals surface area contributed by atoms with E-state index in [1.807, 2.05) is 13.8 Å². The van der Waals surface area contributed by atoms with Gasteiger partial charge in [-0.3, -0.25) is 9.79 Å². The van der Waals surface area contributed by atoms with E-state index in [0.717, 1.165) is 6.54 Å². The largest absolute Gasteiger partial charge is 0.508 e. The van der Waals surface area contributed by atoms with Crippen LogP contribution < -0.4 is 16.0 Å². The number of carbonyl (C=O) groups is 1. The van der Waals surface area contributed by atoms with E-state index in [2.05, 4.69) is 20.9 Å². The number of nitrogens with zero attached hydrogens (tertiary/aromatic N) is 1. The highest BCUT2D eigenvalue weighted by Gasteiger charge is 2.04. The Morgan fingerprint density at radius 3 is 2.42 bits per heavy atom. The van der Waals surface area contributed by atoms with Gasteiger partial charge in [-0.15, -0.1) is 24.0 Å². The summed E-state index contributed by atoms with van der Waals surface area (Å²) in [7, 11) is 0. The van der Waals surface area contributed by atoms with Crippen LogP contribution in [-0.4, -0.2) is 56.4 Å². The Morgan fingerprint density at radius 2 is 1.79 bits per heavy atom. The lowest BCUT2D eigenvalue weighted by Gasteiger charge is -2.12. The molecule has 0 aromatic heterocycles. The third-order valence-corrected chi connectivity index (χ3v) is 2.89. The number of rotatable bonds is 9. The van der Waals surface area contributed by atoms with Gasteiger partial charge >= 0.3 is 0 Å². The van der Waals surface area contributed by atoms with E-state index in [4.69, 9.17) is 4.74 Å². The second-order valence-corrected chi connectivity index (χ2v) is 4.69. The van der Waals surface area contributed by atoms with Gasteiger partial charge in [-0.1, -0.05) is 0 Å². The molecule has 7 nitrogen and oxygen atoms in total. The zero-order valence-corrected chi connectivity index (χ0v) is 16.5. The number of benzene rings is 1. The van der Waals surface area contributed by atoms with Crippen molar-refractivity contribution in [3.63, 3.8) is 0 Å². The fourth-order valence-corrected chi connectivity index (χ4v) is 1.78. The molecule has 1 amide bonds. The number of hydrogen-bond acceptors (Lipinski definition) is 4. The Bertz CT molecular complexity index is 495. The Balaban J connectivity index is 0.00000529. The van der Waals surface area contributed by atoms with Crippen molar-refractivity contribution < 1.29 is 14.6 Å². The van der Waals surface area contributed by atoms with Crippen LogP contribution in [0.4, 0.5) is 0 Å².